The molecule has 0 amide bonds. The summed E-state index contributed by atoms with van der Waals surface area (Å²) in [4.78, 5) is 15.0. The van der Waals surface area contributed by atoms with E-state index >= 15 is 0 Å². The third-order valence-corrected chi connectivity index (χ3v) is 1.73. The Kier molecular flexibility index (Phi) is 5.40. The van der Waals surface area contributed by atoms with Crippen LogP contribution in [-0.2, 0) is 20.9 Å². The Bertz CT molecular complexity index is 287. The molecule has 1 heterocycles. The number of hydrogen-bond acceptors (Lipinski definition) is 4. The van der Waals surface area contributed by atoms with Crippen LogP contribution in [0.15, 0.2) is 24.4 Å². The normalized spacial score (nSPS) is 9.93. The van der Waals surface area contributed by atoms with E-state index in [0.717, 1.165) is 5.69 Å². The molecule has 0 spiro atoms. The molecule has 82 valence electrons. The predicted molar refractivity (Wildman–Crippen MR) is 55.1 cm³/mol. The zero-order valence-electron chi connectivity index (χ0n) is 8.81. The Morgan fingerprint density at radius 3 is 3.00 bits per heavy atom. The molecule has 15 heavy (non-hydrogen) atoms. The van der Waals surface area contributed by atoms with Crippen molar-refractivity contribution in [1.82, 2.24) is 4.98 Å². The van der Waals surface area contributed by atoms with Crippen molar-refractivity contribution >= 4 is 5.97 Å². The number of ether oxygens (including phenoxy) is 2. The fourth-order valence-corrected chi connectivity index (χ4v) is 1.05. The van der Waals surface area contributed by atoms with Gasteiger partial charge in [-0.05, 0) is 19.1 Å². The summed E-state index contributed by atoms with van der Waals surface area (Å²) in [6.07, 6.45) is 2.00. The van der Waals surface area contributed by atoms with E-state index in [0.29, 0.717) is 26.2 Å². The summed E-state index contributed by atoms with van der Waals surface area (Å²) in [5.74, 6) is -0.224. The summed E-state index contributed by atoms with van der Waals surface area (Å²) >= 11 is 0. The highest BCUT2D eigenvalue weighted by Gasteiger charge is 2.01. The fraction of sp³-hybridized carbons (Fsp3) is 0.455. The molecule has 0 N–H and O–H groups in total. The van der Waals surface area contributed by atoms with E-state index in [9.17, 15) is 4.79 Å². The van der Waals surface area contributed by atoms with Gasteiger partial charge in [-0.2, -0.15) is 0 Å². The van der Waals surface area contributed by atoms with Crippen molar-refractivity contribution in [1.29, 1.82) is 0 Å². The maximum atomic E-state index is 10.9. The zero-order chi connectivity index (χ0) is 10.9. The lowest BCUT2D eigenvalue weighted by Gasteiger charge is -2.03. The van der Waals surface area contributed by atoms with Gasteiger partial charge in [-0.15, -0.1) is 0 Å². The minimum Gasteiger partial charge on any atom is -0.466 e. The summed E-state index contributed by atoms with van der Waals surface area (Å²) < 4.78 is 10.0. The Morgan fingerprint density at radius 2 is 2.33 bits per heavy atom. The van der Waals surface area contributed by atoms with Crippen LogP contribution in [0.4, 0.5) is 0 Å². The molecule has 0 atom stereocenters. The molecule has 0 aliphatic carbocycles. The van der Waals surface area contributed by atoms with E-state index in [1.54, 1.807) is 13.1 Å². The minimum atomic E-state index is -0.224. The molecule has 0 aliphatic heterocycles. The second-order valence-corrected chi connectivity index (χ2v) is 2.93. The lowest BCUT2D eigenvalue weighted by atomic mass is 10.4. The molecule has 0 saturated heterocycles. The van der Waals surface area contributed by atoms with Crippen LogP contribution in [0, 0.1) is 0 Å². The number of carbonyl (C=O) groups excluding carboxylic acids is 1. The number of carbonyl (C=O) groups is 1. The van der Waals surface area contributed by atoms with E-state index in [4.69, 9.17) is 9.47 Å². The Hall–Kier alpha value is -1.42. The third kappa shape index (κ3) is 5.12. The molecule has 1 aromatic rings. The van der Waals surface area contributed by atoms with Crippen molar-refractivity contribution in [3.05, 3.63) is 30.1 Å². The lowest BCUT2D eigenvalue weighted by Crippen LogP contribution is -2.08. The number of pyridine rings is 1. The van der Waals surface area contributed by atoms with Gasteiger partial charge in [0.05, 0.1) is 31.9 Å². The van der Waals surface area contributed by atoms with Gasteiger partial charge >= 0.3 is 5.97 Å². The highest BCUT2D eigenvalue weighted by atomic mass is 16.5. The maximum Gasteiger partial charge on any atom is 0.308 e. The molecule has 0 unspecified atom stereocenters. The highest BCUT2D eigenvalue weighted by Crippen LogP contribution is 1.97. The molecule has 4 nitrogen and oxygen atoms in total. The molecular formula is C11H15NO3. The molecule has 1 aromatic heterocycles. The Balaban J connectivity index is 2.10. The van der Waals surface area contributed by atoms with Crippen LogP contribution < -0.4 is 0 Å². The van der Waals surface area contributed by atoms with Gasteiger partial charge < -0.3 is 9.47 Å². The van der Waals surface area contributed by atoms with Crippen LogP contribution in [-0.4, -0.2) is 24.2 Å². The predicted octanol–water partition coefficient (Wildman–Crippen LogP) is 1.55. The van der Waals surface area contributed by atoms with Gasteiger partial charge in [0.15, 0.2) is 0 Å². The fourth-order valence-electron chi connectivity index (χ4n) is 1.05. The topological polar surface area (TPSA) is 48.4 Å². The molecule has 0 fully saturated rings. The van der Waals surface area contributed by atoms with E-state index < -0.39 is 0 Å². The Morgan fingerprint density at radius 1 is 1.47 bits per heavy atom. The average molecular weight is 209 g/mol. The standard InChI is InChI=1S/C11H15NO3/c1-2-15-11(13)6-8-14-9-10-5-3-4-7-12-10/h3-5,7H,2,6,8-9H2,1H3. The SMILES string of the molecule is CCOC(=O)CCOCc1ccccn1. The number of aromatic nitrogens is 1. The van der Waals surface area contributed by atoms with Crippen LogP contribution >= 0.6 is 0 Å². The summed E-state index contributed by atoms with van der Waals surface area (Å²) in [6.45, 7) is 3.00. The monoisotopic (exact) mass is 209 g/mol. The number of esters is 1. The first-order chi connectivity index (χ1) is 7.33. The van der Waals surface area contributed by atoms with Crippen molar-refractivity contribution in [2.75, 3.05) is 13.2 Å². The van der Waals surface area contributed by atoms with E-state index in [1.807, 2.05) is 18.2 Å². The van der Waals surface area contributed by atoms with Crippen LogP contribution in [0.1, 0.15) is 19.0 Å². The Labute approximate surface area is 89.2 Å². The maximum absolute atomic E-state index is 10.9. The van der Waals surface area contributed by atoms with Gasteiger partial charge in [0.1, 0.15) is 0 Å². The molecule has 0 bridgehead atoms. The summed E-state index contributed by atoms with van der Waals surface area (Å²) in [7, 11) is 0. The van der Waals surface area contributed by atoms with Gasteiger partial charge in [0.2, 0.25) is 0 Å². The van der Waals surface area contributed by atoms with Crippen LogP contribution in [0.25, 0.3) is 0 Å². The van der Waals surface area contributed by atoms with Gasteiger partial charge in [0, 0.05) is 6.20 Å². The largest absolute Gasteiger partial charge is 0.466 e. The molecule has 0 radical (unpaired) electrons. The first-order valence-corrected chi connectivity index (χ1v) is 4.96. The molecule has 4 heteroatoms. The molecule has 0 aliphatic rings. The first kappa shape index (κ1) is 11.7. The molecule has 0 aromatic carbocycles. The summed E-state index contributed by atoms with van der Waals surface area (Å²) in [6, 6.07) is 5.63. The van der Waals surface area contributed by atoms with E-state index in [2.05, 4.69) is 4.98 Å². The van der Waals surface area contributed by atoms with Crippen molar-refractivity contribution in [3.8, 4) is 0 Å². The first-order valence-electron chi connectivity index (χ1n) is 4.96. The van der Waals surface area contributed by atoms with Crippen molar-refractivity contribution in [3.63, 3.8) is 0 Å². The minimum absolute atomic E-state index is 0.224. The second-order valence-electron chi connectivity index (χ2n) is 2.93. The van der Waals surface area contributed by atoms with Crippen LogP contribution in [0.3, 0.4) is 0 Å². The van der Waals surface area contributed by atoms with Gasteiger partial charge in [-0.25, -0.2) is 0 Å². The molecular weight excluding hydrogens is 194 g/mol. The third-order valence-electron chi connectivity index (χ3n) is 1.73. The zero-order valence-corrected chi connectivity index (χ0v) is 8.81. The molecule has 1 rings (SSSR count). The summed E-state index contributed by atoms with van der Waals surface area (Å²) in [5.41, 5.74) is 0.862. The summed E-state index contributed by atoms with van der Waals surface area (Å²) in [5, 5.41) is 0. The number of rotatable bonds is 6. The van der Waals surface area contributed by atoms with Crippen molar-refractivity contribution in [2.24, 2.45) is 0 Å². The number of hydrogen-bond donors (Lipinski definition) is 0. The van der Waals surface area contributed by atoms with Crippen molar-refractivity contribution < 1.29 is 14.3 Å². The lowest BCUT2D eigenvalue weighted by molar-refractivity contribution is -0.144. The van der Waals surface area contributed by atoms with Crippen molar-refractivity contribution in [2.45, 2.75) is 20.0 Å². The van der Waals surface area contributed by atoms with E-state index in [-0.39, 0.29) is 5.97 Å². The van der Waals surface area contributed by atoms with Gasteiger partial charge in [-0.3, -0.25) is 9.78 Å². The average Bonchev–Trinajstić information content (AvgIpc) is 2.26. The van der Waals surface area contributed by atoms with Crippen LogP contribution in [0.5, 0.6) is 0 Å². The number of nitrogens with zero attached hydrogens (tertiary/aromatic N) is 1. The molecule has 0 saturated carbocycles. The van der Waals surface area contributed by atoms with E-state index in [1.165, 1.54) is 0 Å². The second kappa shape index (κ2) is 6.95. The highest BCUT2D eigenvalue weighted by molar-refractivity contribution is 5.69. The quantitative estimate of drug-likeness (QED) is 0.527. The van der Waals surface area contributed by atoms with Crippen LogP contribution in [0.2, 0.25) is 0 Å². The van der Waals surface area contributed by atoms with Gasteiger partial charge in [-0.1, -0.05) is 6.07 Å². The smallest absolute Gasteiger partial charge is 0.308 e. The van der Waals surface area contributed by atoms with Gasteiger partial charge in [0.25, 0.3) is 0 Å².